The van der Waals surface area contributed by atoms with Crippen molar-refractivity contribution in [2.75, 3.05) is 20.3 Å². The molecule has 1 N–H and O–H groups in total. The van der Waals surface area contributed by atoms with Crippen LogP contribution in [-0.2, 0) is 22.5 Å². The van der Waals surface area contributed by atoms with Crippen LogP contribution in [0, 0.1) is 13.8 Å². The van der Waals surface area contributed by atoms with Gasteiger partial charge in [0.25, 0.3) is 0 Å². The molecule has 0 unspecified atom stereocenters. The Morgan fingerprint density at radius 3 is 2.70 bits per heavy atom. The molecule has 3 aromatic rings. The van der Waals surface area contributed by atoms with Crippen molar-refractivity contribution >= 4 is 11.6 Å². The average molecular weight is 367 g/mol. The predicted molar refractivity (Wildman–Crippen MR) is 104 cm³/mol. The first kappa shape index (κ1) is 18.9. The van der Waals surface area contributed by atoms with Crippen LogP contribution in [0.1, 0.15) is 22.4 Å². The summed E-state index contributed by atoms with van der Waals surface area (Å²) in [6, 6.07) is 10.2. The molecular weight excluding hydrogens is 342 g/mol. The summed E-state index contributed by atoms with van der Waals surface area (Å²) in [5, 5.41) is 3.46. The second-order valence-corrected chi connectivity index (χ2v) is 6.55. The molecule has 2 heterocycles. The number of carbonyl (C=O) groups is 1. The van der Waals surface area contributed by atoms with E-state index in [1.807, 2.05) is 42.6 Å². The Labute approximate surface area is 159 Å². The SMILES string of the molecule is COC(=O)COc1c(C)cc(CNCCc2cn3ccccc3n2)cc1C. The van der Waals surface area contributed by atoms with Crippen LogP contribution in [0.25, 0.3) is 5.65 Å². The third-order valence-corrected chi connectivity index (χ3v) is 4.38. The minimum absolute atomic E-state index is 0.0746. The highest BCUT2D eigenvalue weighted by molar-refractivity contribution is 5.71. The number of nitrogens with zero attached hydrogens (tertiary/aromatic N) is 2. The molecule has 0 atom stereocenters. The molecule has 2 aromatic heterocycles. The first-order chi connectivity index (χ1) is 13.1. The number of benzene rings is 1. The molecule has 6 heteroatoms. The zero-order valence-corrected chi connectivity index (χ0v) is 16.0. The lowest BCUT2D eigenvalue weighted by Crippen LogP contribution is -2.17. The van der Waals surface area contributed by atoms with Crippen molar-refractivity contribution in [1.82, 2.24) is 14.7 Å². The first-order valence-electron chi connectivity index (χ1n) is 9.00. The maximum Gasteiger partial charge on any atom is 0.343 e. The van der Waals surface area contributed by atoms with Gasteiger partial charge in [0.2, 0.25) is 0 Å². The zero-order chi connectivity index (χ0) is 19.2. The van der Waals surface area contributed by atoms with E-state index in [0.717, 1.165) is 47.7 Å². The number of esters is 1. The van der Waals surface area contributed by atoms with Crippen LogP contribution in [0.5, 0.6) is 5.75 Å². The lowest BCUT2D eigenvalue weighted by atomic mass is 10.1. The van der Waals surface area contributed by atoms with Crippen molar-refractivity contribution < 1.29 is 14.3 Å². The molecule has 0 amide bonds. The molecule has 6 nitrogen and oxygen atoms in total. The van der Waals surface area contributed by atoms with Gasteiger partial charge >= 0.3 is 5.97 Å². The lowest BCUT2D eigenvalue weighted by molar-refractivity contribution is -0.142. The third-order valence-electron chi connectivity index (χ3n) is 4.38. The van der Waals surface area contributed by atoms with E-state index < -0.39 is 0 Å². The smallest absolute Gasteiger partial charge is 0.343 e. The molecule has 3 rings (SSSR count). The summed E-state index contributed by atoms with van der Waals surface area (Å²) in [5.41, 5.74) is 5.26. The molecule has 0 saturated heterocycles. The maximum atomic E-state index is 11.3. The second kappa shape index (κ2) is 8.68. The van der Waals surface area contributed by atoms with Crippen molar-refractivity contribution in [1.29, 1.82) is 0 Å². The Morgan fingerprint density at radius 1 is 1.22 bits per heavy atom. The summed E-state index contributed by atoms with van der Waals surface area (Å²) < 4.78 is 12.2. The standard InChI is InChI=1S/C21H25N3O3/c1-15-10-17(11-16(2)21(15)27-14-20(25)26-3)12-22-8-7-18-13-24-9-5-4-6-19(24)23-18/h4-6,9-11,13,22H,7-8,12,14H2,1-3H3. The number of aromatic nitrogens is 2. The van der Waals surface area contributed by atoms with E-state index in [4.69, 9.17) is 4.74 Å². The van der Waals surface area contributed by atoms with Crippen LogP contribution in [0.15, 0.2) is 42.7 Å². The number of fused-ring (bicyclic) bond motifs is 1. The minimum atomic E-state index is -0.383. The summed E-state index contributed by atoms with van der Waals surface area (Å²) in [4.78, 5) is 15.9. The van der Waals surface area contributed by atoms with Crippen molar-refractivity contribution in [3.63, 3.8) is 0 Å². The summed E-state index contributed by atoms with van der Waals surface area (Å²) in [7, 11) is 1.35. The van der Waals surface area contributed by atoms with Crippen LogP contribution in [0.4, 0.5) is 0 Å². The molecule has 0 spiro atoms. The van der Waals surface area contributed by atoms with Crippen molar-refractivity contribution in [3.8, 4) is 5.75 Å². The van der Waals surface area contributed by atoms with E-state index >= 15 is 0 Å². The monoisotopic (exact) mass is 367 g/mol. The molecular formula is C21H25N3O3. The number of nitrogens with one attached hydrogen (secondary N) is 1. The lowest BCUT2D eigenvalue weighted by Gasteiger charge is -2.14. The number of carbonyl (C=O) groups excluding carboxylic acids is 1. The zero-order valence-electron chi connectivity index (χ0n) is 16.0. The first-order valence-corrected chi connectivity index (χ1v) is 9.00. The molecule has 0 bridgehead atoms. The van der Waals surface area contributed by atoms with E-state index in [9.17, 15) is 4.79 Å². The Bertz CT molecular complexity index is 877. The quantitative estimate of drug-likeness (QED) is 0.490. The van der Waals surface area contributed by atoms with Crippen LogP contribution >= 0.6 is 0 Å². The van der Waals surface area contributed by atoms with Gasteiger partial charge in [-0.05, 0) is 42.7 Å². The van der Waals surface area contributed by atoms with Crippen LogP contribution in [0.2, 0.25) is 0 Å². The Morgan fingerprint density at radius 2 is 2.00 bits per heavy atom. The van der Waals surface area contributed by atoms with Crippen molar-refractivity contribution in [2.24, 2.45) is 0 Å². The molecule has 142 valence electrons. The van der Waals surface area contributed by atoms with Gasteiger partial charge in [-0.3, -0.25) is 0 Å². The molecule has 27 heavy (non-hydrogen) atoms. The molecule has 0 aliphatic carbocycles. The van der Waals surface area contributed by atoms with E-state index in [2.05, 4.69) is 33.4 Å². The average Bonchev–Trinajstić information content (AvgIpc) is 3.07. The molecule has 0 radical (unpaired) electrons. The van der Waals surface area contributed by atoms with Gasteiger partial charge in [-0.25, -0.2) is 9.78 Å². The van der Waals surface area contributed by atoms with E-state index in [-0.39, 0.29) is 12.6 Å². The Kier molecular flexibility index (Phi) is 6.08. The number of hydrogen-bond acceptors (Lipinski definition) is 5. The van der Waals surface area contributed by atoms with Crippen LogP contribution < -0.4 is 10.1 Å². The number of hydrogen-bond donors (Lipinski definition) is 1. The number of methoxy groups -OCH3 is 1. The predicted octanol–water partition coefficient (Wildman–Crippen LogP) is 2.84. The largest absolute Gasteiger partial charge is 0.481 e. The van der Waals surface area contributed by atoms with Crippen LogP contribution in [-0.4, -0.2) is 35.6 Å². The highest BCUT2D eigenvalue weighted by Gasteiger charge is 2.09. The van der Waals surface area contributed by atoms with E-state index in [0.29, 0.717) is 0 Å². The summed E-state index contributed by atoms with van der Waals surface area (Å²) in [6.07, 6.45) is 4.95. The topological polar surface area (TPSA) is 64.9 Å². The molecule has 0 aliphatic heterocycles. The van der Waals surface area contributed by atoms with Gasteiger partial charge < -0.3 is 19.2 Å². The van der Waals surface area contributed by atoms with Gasteiger partial charge in [-0.2, -0.15) is 0 Å². The highest BCUT2D eigenvalue weighted by atomic mass is 16.6. The van der Waals surface area contributed by atoms with Gasteiger partial charge in [0.05, 0.1) is 12.8 Å². The second-order valence-electron chi connectivity index (χ2n) is 6.55. The fraction of sp³-hybridized carbons (Fsp3) is 0.333. The van der Waals surface area contributed by atoms with Crippen LogP contribution in [0.3, 0.4) is 0 Å². The normalized spacial score (nSPS) is 10.9. The van der Waals surface area contributed by atoms with E-state index in [1.54, 1.807) is 0 Å². The number of ether oxygens (including phenoxy) is 2. The maximum absolute atomic E-state index is 11.3. The van der Waals surface area contributed by atoms with Gasteiger partial charge in [0, 0.05) is 31.9 Å². The van der Waals surface area contributed by atoms with E-state index in [1.165, 1.54) is 12.7 Å². The number of aryl methyl sites for hydroxylation is 2. The molecule has 0 fully saturated rings. The fourth-order valence-corrected chi connectivity index (χ4v) is 3.12. The van der Waals surface area contributed by atoms with Gasteiger partial charge in [0.1, 0.15) is 11.4 Å². The molecule has 0 aliphatic rings. The third kappa shape index (κ3) is 4.86. The number of rotatable bonds is 8. The summed E-state index contributed by atoms with van der Waals surface area (Å²) >= 11 is 0. The van der Waals surface area contributed by atoms with Gasteiger partial charge in [0.15, 0.2) is 6.61 Å². The Hall–Kier alpha value is -2.86. The van der Waals surface area contributed by atoms with Gasteiger partial charge in [-0.15, -0.1) is 0 Å². The molecule has 1 aromatic carbocycles. The fourth-order valence-electron chi connectivity index (χ4n) is 3.12. The number of pyridine rings is 1. The van der Waals surface area contributed by atoms with Crippen molar-refractivity contribution in [2.45, 2.75) is 26.8 Å². The van der Waals surface area contributed by atoms with Gasteiger partial charge in [-0.1, -0.05) is 18.2 Å². The number of imidazole rings is 1. The molecule has 0 saturated carbocycles. The highest BCUT2D eigenvalue weighted by Crippen LogP contribution is 2.24. The Balaban J connectivity index is 1.52. The summed E-state index contributed by atoms with van der Waals surface area (Å²) in [6.45, 7) is 5.52. The minimum Gasteiger partial charge on any atom is -0.481 e. The summed E-state index contributed by atoms with van der Waals surface area (Å²) in [5.74, 6) is 0.361. The van der Waals surface area contributed by atoms with Crippen molar-refractivity contribution in [3.05, 3.63) is 65.1 Å².